The fourth-order valence-corrected chi connectivity index (χ4v) is 3.71. The maximum Gasteiger partial charge on any atom is 0.295 e. The molecule has 0 bridgehead atoms. The van der Waals surface area contributed by atoms with E-state index in [0.717, 1.165) is 10.9 Å². The van der Waals surface area contributed by atoms with Gasteiger partial charge in [0.2, 0.25) is 0 Å². The number of fused-ring (bicyclic) bond motifs is 2. The molecule has 0 aliphatic carbocycles. The summed E-state index contributed by atoms with van der Waals surface area (Å²) in [7, 11) is -4.51. The van der Waals surface area contributed by atoms with Crippen molar-refractivity contribution < 1.29 is 13.0 Å². The molecule has 0 atom stereocenters. The van der Waals surface area contributed by atoms with Crippen molar-refractivity contribution in [3.63, 3.8) is 0 Å². The largest absolute Gasteiger partial charge is 0.305 e. The normalized spacial score (nSPS) is 12.4. The highest BCUT2D eigenvalue weighted by atomic mass is 32.2. The predicted octanol–water partition coefficient (Wildman–Crippen LogP) is 5.01. The first-order valence-electron chi connectivity index (χ1n) is 8.38. The molecule has 144 valence electrons. The van der Waals surface area contributed by atoms with Crippen molar-refractivity contribution in [3.8, 4) is 0 Å². The second-order valence-electron chi connectivity index (χ2n) is 6.06. The molecule has 1 aromatic heterocycles. The molecule has 0 radical (unpaired) electrons. The van der Waals surface area contributed by atoms with Gasteiger partial charge in [0, 0.05) is 16.2 Å². The lowest BCUT2D eigenvalue weighted by molar-refractivity contribution is 0.484. The number of hydrogen-bond acceptors (Lipinski definition) is 7. The Labute approximate surface area is 165 Å². The topological polar surface area (TPSA) is 143 Å². The molecule has 0 unspecified atom stereocenters. The SMILES string of the molecule is NN=Nc1c(N=Nc2cnc3ccccc3c2)cc(S(=O)(=O)O)c2ccccc12. The van der Waals surface area contributed by atoms with Crippen LogP contribution in [0.4, 0.5) is 17.1 Å². The third-order valence-electron chi connectivity index (χ3n) is 4.24. The molecule has 29 heavy (non-hydrogen) atoms. The molecule has 3 aromatic carbocycles. The van der Waals surface area contributed by atoms with Crippen molar-refractivity contribution in [2.24, 2.45) is 26.4 Å². The van der Waals surface area contributed by atoms with Gasteiger partial charge < -0.3 is 5.84 Å². The molecule has 3 N–H and O–H groups in total. The second kappa shape index (κ2) is 7.34. The number of hydrogen-bond donors (Lipinski definition) is 2. The van der Waals surface area contributed by atoms with Crippen molar-refractivity contribution in [1.82, 2.24) is 4.98 Å². The summed E-state index contributed by atoms with van der Waals surface area (Å²) in [6.45, 7) is 0. The van der Waals surface area contributed by atoms with Crippen LogP contribution in [0.2, 0.25) is 0 Å². The van der Waals surface area contributed by atoms with Crippen molar-refractivity contribution in [1.29, 1.82) is 0 Å². The van der Waals surface area contributed by atoms with E-state index in [1.165, 1.54) is 6.07 Å². The van der Waals surface area contributed by atoms with Crippen LogP contribution in [0.3, 0.4) is 0 Å². The highest BCUT2D eigenvalue weighted by Gasteiger charge is 2.19. The van der Waals surface area contributed by atoms with Crippen LogP contribution in [-0.2, 0) is 10.1 Å². The minimum atomic E-state index is -4.51. The average Bonchev–Trinajstić information content (AvgIpc) is 2.72. The molecule has 0 aliphatic heterocycles. The summed E-state index contributed by atoms with van der Waals surface area (Å²) in [6.07, 6.45) is 1.54. The zero-order valence-corrected chi connectivity index (χ0v) is 15.7. The molecule has 0 aliphatic rings. The Kier molecular flexibility index (Phi) is 4.71. The second-order valence-corrected chi connectivity index (χ2v) is 7.45. The number of benzene rings is 3. The highest BCUT2D eigenvalue weighted by Crippen LogP contribution is 2.40. The molecular formula is C19H14N6O3S. The number of nitrogens with zero attached hydrogens (tertiary/aromatic N) is 5. The van der Waals surface area contributed by atoms with Gasteiger partial charge in [0.1, 0.15) is 22.0 Å². The number of rotatable bonds is 4. The smallest absolute Gasteiger partial charge is 0.295 e. The van der Waals surface area contributed by atoms with E-state index in [4.69, 9.17) is 5.84 Å². The highest BCUT2D eigenvalue weighted by molar-refractivity contribution is 7.86. The first-order chi connectivity index (χ1) is 14.0. The van der Waals surface area contributed by atoms with Gasteiger partial charge in [-0.25, -0.2) is 0 Å². The number of aromatic nitrogens is 1. The van der Waals surface area contributed by atoms with Gasteiger partial charge in [0.05, 0.1) is 11.7 Å². The summed E-state index contributed by atoms with van der Waals surface area (Å²) >= 11 is 0. The Hall–Kier alpha value is -3.76. The quantitative estimate of drug-likeness (QED) is 0.212. The van der Waals surface area contributed by atoms with Gasteiger partial charge in [0.15, 0.2) is 0 Å². The summed E-state index contributed by atoms with van der Waals surface area (Å²) in [5.41, 5.74) is 1.58. The van der Waals surface area contributed by atoms with Crippen LogP contribution in [0.1, 0.15) is 0 Å². The Bertz CT molecular complexity index is 1400. The molecule has 0 fully saturated rings. The maximum absolute atomic E-state index is 11.9. The van der Waals surface area contributed by atoms with Crippen LogP contribution in [0.5, 0.6) is 0 Å². The lowest BCUT2D eigenvalue weighted by Crippen LogP contribution is -1.99. The van der Waals surface area contributed by atoms with Crippen molar-refractivity contribution in [2.75, 3.05) is 0 Å². The third-order valence-corrected chi connectivity index (χ3v) is 5.14. The minimum Gasteiger partial charge on any atom is -0.305 e. The van der Waals surface area contributed by atoms with Gasteiger partial charge in [-0.05, 0) is 18.2 Å². The van der Waals surface area contributed by atoms with E-state index in [0.29, 0.717) is 11.1 Å². The van der Waals surface area contributed by atoms with E-state index in [1.807, 2.05) is 24.3 Å². The van der Waals surface area contributed by atoms with Crippen LogP contribution in [0, 0.1) is 0 Å². The van der Waals surface area contributed by atoms with Crippen LogP contribution in [0.15, 0.2) is 92.3 Å². The molecule has 4 rings (SSSR count). The molecule has 4 aromatic rings. The van der Waals surface area contributed by atoms with Gasteiger partial charge in [-0.2, -0.15) is 8.42 Å². The molecular weight excluding hydrogens is 392 g/mol. The maximum atomic E-state index is 11.9. The summed E-state index contributed by atoms with van der Waals surface area (Å²) in [5.74, 6) is 5.22. The number of pyridine rings is 1. The third kappa shape index (κ3) is 3.66. The van der Waals surface area contributed by atoms with Crippen molar-refractivity contribution >= 4 is 48.9 Å². The molecule has 10 heteroatoms. The Morgan fingerprint density at radius 1 is 0.897 bits per heavy atom. The lowest BCUT2D eigenvalue weighted by Gasteiger charge is -2.08. The van der Waals surface area contributed by atoms with Gasteiger partial charge in [-0.15, -0.1) is 15.3 Å². The summed E-state index contributed by atoms with van der Waals surface area (Å²) in [4.78, 5) is 4.00. The predicted molar refractivity (Wildman–Crippen MR) is 108 cm³/mol. The first kappa shape index (κ1) is 18.6. The van der Waals surface area contributed by atoms with Gasteiger partial charge in [0.25, 0.3) is 10.1 Å². The van der Waals surface area contributed by atoms with Gasteiger partial charge in [-0.1, -0.05) is 47.7 Å². The van der Waals surface area contributed by atoms with Crippen LogP contribution in [0.25, 0.3) is 21.7 Å². The van der Waals surface area contributed by atoms with Crippen molar-refractivity contribution in [3.05, 3.63) is 66.9 Å². The molecule has 0 amide bonds. The zero-order valence-electron chi connectivity index (χ0n) is 14.8. The number of nitrogens with two attached hydrogens (primary N) is 1. The minimum absolute atomic E-state index is 0.0821. The lowest BCUT2D eigenvalue weighted by atomic mass is 10.1. The Morgan fingerprint density at radius 3 is 2.38 bits per heavy atom. The average molecular weight is 406 g/mol. The Morgan fingerprint density at radius 2 is 1.62 bits per heavy atom. The van der Waals surface area contributed by atoms with Crippen molar-refractivity contribution in [2.45, 2.75) is 4.90 Å². The van der Waals surface area contributed by atoms with E-state index in [2.05, 4.69) is 25.5 Å². The van der Waals surface area contributed by atoms with Gasteiger partial charge in [-0.3, -0.25) is 9.54 Å². The number of azo groups is 1. The van der Waals surface area contributed by atoms with Crippen LogP contribution < -0.4 is 5.84 Å². The van der Waals surface area contributed by atoms with Crippen LogP contribution >= 0.6 is 0 Å². The molecule has 1 heterocycles. The summed E-state index contributed by atoms with van der Waals surface area (Å²) in [5, 5.41) is 17.0. The number of para-hydroxylation sites is 1. The van der Waals surface area contributed by atoms with E-state index >= 15 is 0 Å². The van der Waals surface area contributed by atoms with E-state index < -0.39 is 10.1 Å². The molecule has 0 spiro atoms. The van der Waals surface area contributed by atoms with E-state index in [-0.39, 0.29) is 21.7 Å². The van der Waals surface area contributed by atoms with E-state index in [9.17, 15) is 13.0 Å². The summed E-state index contributed by atoms with van der Waals surface area (Å²) in [6, 6.07) is 17.0. The molecule has 0 saturated carbocycles. The monoisotopic (exact) mass is 406 g/mol. The van der Waals surface area contributed by atoms with Crippen LogP contribution in [-0.4, -0.2) is 18.0 Å². The fraction of sp³-hybridized carbons (Fsp3) is 0. The fourth-order valence-electron chi connectivity index (χ4n) is 2.99. The standard InChI is InChI=1S/C19H14N6O3S/c20-25-24-19-15-7-3-2-6-14(15)18(29(26,27)28)10-17(19)23-22-13-9-12-5-1-4-8-16(12)21-11-13/h1-11H,(H2,20,24)(H,26,27,28). The first-order valence-corrected chi connectivity index (χ1v) is 9.82. The van der Waals surface area contributed by atoms with Gasteiger partial charge >= 0.3 is 0 Å². The zero-order chi connectivity index (χ0) is 20.4. The summed E-state index contributed by atoms with van der Waals surface area (Å²) < 4.78 is 33.4. The Balaban J connectivity index is 1.91. The molecule has 0 saturated heterocycles. The molecule has 9 nitrogen and oxygen atoms in total. The van der Waals surface area contributed by atoms with E-state index in [1.54, 1.807) is 36.5 Å².